The molecule has 0 bridgehead atoms. The molecule has 4 nitrogen and oxygen atoms in total. The largest absolute Gasteiger partial charge is 0.355 e. The zero-order valence-corrected chi connectivity index (χ0v) is 14.3. The molecule has 0 unspecified atom stereocenters. The van der Waals surface area contributed by atoms with Crippen molar-refractivity contribution < 1.29 is 0 Å². The maximum absolute atomic E-state index is 4.29. The molecule has 1 aliphatic heterocycles. The lowest BCUT2D eigenvalue weighted by molar-refractivity contribution is 0.195. The minimum Gasteiger partial charge on any atom is -0.355 e. The van der Waals surface area contributed by atoms with Crippen molar-refractivity contribution in [2.45, 2.75) is 33.2 Å². The molecular formula is C16H28N4S. The van der Waals surface area contributed by atoms with E-state index >= 15 is 0 Å². The Morgan fingerprint density at radius 3 is 2.71 bits per heavy atom. The molecule has 1 aromatic rings. The molecule has 0 amide bonds. The van der Waals surface area contributed by atoms with Crippen LogP contribution in [0.5, 0.6) is 0 Å². The third kappa shape index (κ3) is 5.67. The number of nitrogens with one attached hydrogen (secondary N) is 2. The van der Waals surface area contributed by atoms with E-state index in [2.05, 4.69) is 46.5 Å². The Morgan fingerprint density at radius 1 is 1.33 bits per heavy atom. The molecule has 1 fully saturated rings. The van der Waals surface area contributed by atoms with Crippen LogP contribution in [-0.4, -0.2) is 44.1 Å². The van der Waals surface area contributed by atoms with Crippen LogP contribution in [0.3, 0.4) is 0 Å². The fourth-order valence-corrected chi connectivity index (χ4v) is 3.42. The standard InChI is InChI=1S/C16H28N4S/c1-13-6-9-20(10-7-13)11-8-18-16(17-3)19-12-15-5-4-14(2)21-15/h4-5,13H,6-12H2,1-3H3,(H2,17,18,19). The summed E-state index contributed by atoms with van der Waals surface area (Å²) in [6, 6.07) is 4.34. The van der Waals surface area contributed by atoms with Gasteiger partial charge in [-0.15, -0.1) is 11.3 Å². The van der Waals surface area contributed by atoms with E-state index < -0.39 is 0 Å². The average Bonchev–Trinajstić information content (AvgIpc) is 2.90. The molecule has 21 heavy (non-hydrogen) atoms. The fourth-order valence-electron chi connectivity index (χ4n) is 2.59. The molecule has 0 radical (unpaired) electrons. The summed E-state index contributed by atoms with van der Waals surface area (Å²) in [4.78, 5) is 9.53. The van der Waals surface area contributed by atoms with Gasteiger partial charge in [-0.3, -0.25) is 4.99 Å². The summed E-state index contributed by atoms with van der Waals surface area (Å²) in [5.41, 5.74) is 0. The number of piperidine rings is 1. The van der Waals surface area contributed by atoms with Crippen molar-refractivity contribution in [2.24, 2.45) is 10.9 Å². The van der Waals surface area contributed by atoms with E-state index in [4.69, 9.17) is 0 Å². The molecule has 1 aliphatic rings. The van der Waals surface area contributed by atoms with E-state index in [1.54, 1.807) is 0 Å². The van der Waals surface area contributed by atoms with Gasteiger partial charge >= 0.3 is 0 Å². The number of aliphatic imine (C=N–C) groups is 1. The topological polar surface area (TPSA) is 39.7 Å². The number of aryl methyl sites for hydroxylation is 1. The SMILES string of the molecule is CN=C(NCCN1CCC(C)CC1)NCc1ccc(C)s1. The lowest BCUT2D eigenvalue weighted by atomic mass is 9.99. The van der Waals surface area contributed by atoms with Gasteiger partial charge in [0.1, 0.15) is 0 Å². The summed E-state index contributed by atoms with van der Waals surface area (Å²) in [5, 5.41) is 6.78. The minimum absolute atomic E-state index is 0.847. The van der Waals surface area contributed by atoms with Crippen LogP contribution in [0.2, 0.25) is 0 Å². The van der Waals surface area contributed by atoms with Gasteiger partial charge in [0.15, 0.2) is 5.96 Å². The number of hydrogen-bond acceptors (Lipinski definition) is 3. The minimum atomic E-state index is 0.847. The first-order valence-corrected chi connectivity index (χ1v) is 8.71. The van der Waals surface area contributed by atoms with E-state index in [-0.39, 0.29) is 0 Å². The van der Waals surface area contributed by atoms with Crippen molar-refractivity contribution in [3.05, 3.63) is 21.9 Å². The van der Waals surface area contributed by atoms with Crippen LogP contribution in [0.1, 0.15) is 29.5 Å². The Labute approximate surface area is 132 Å². The predicted molar refractivity (Wildman–Crippen MR) is 92.1 cm³/mol. The summed E-state index contributed by atoms with van der Waals surface area (Å²) in [6.45, 7) is 9.88. The van der Waals surface area contributed by atoms with Gasteiger partial charge < -0.3 is 15.5 Å². The number of rotatable bonds is 5. The van der Waals surface area contributed by atoms with Crippen LogP contribution < -0.4 is 10.6 Å². The molecule has 118 valence electrons. The van der Waals surface area contributed by atoms with Crippen molar-refractivity contribution in [3.8, 4) is 0 Å². The summed E-state index contributed by atoms with van der Waals surface area (Å²) >= 11 is 1.83. The quantitative estimate of drug-likeness (QED) is 0.648. The monoisotopic (exact) mass is 308 g/mol. The predicted octanol–water partition coefficient (Wildman–Crippen LogP) is 2.45. The first kappa shape index (κ1) is 16.3. The van der Waals surface area contributed by atoms with Gasteiger partial charge in [0.2, 0.25) is 0 Å². The molecule has 2 rings (SSSR count). The molecule has 1 saturated heterocycles. The van der Waals surface area contributed by atoms with Gasteiger partial charge in [-0.2, -0.15) is 0 Å². The smallest absolute Gasteiger partial charge is 0.191 e. The molecule has 0 saturated carbocycles. The number of nitrogens with zero attached hydrogens (tertiary/aromatic N) is 2. The Balaban J connectivity index is 1.63. The van der Waals surface area contributed by atoms with E-state index in [0.29, 0.717) is 0 Å². The third-order valence-electron chi connectivity index (χ3n) is 4.05. The van der Waals surface area contributed by atoms with Crippen molar-refractivity contribution >= 4 is 17.3 Å². The Bertz CT molecular complexity index is 447. The average molecular weight is 308 g/mol. The Hall–Kier alpha value is -1.07. The van der Waals surface area contributed by atoms with Gasteiger partial charge in [-0.25, -0.2) is 0 Å². The number of hydrogen-bond donors (Lipinski definition) is 2. The lowest BCUT2D eigenvalue weighted by Gasteiger charge is -2.30. The van der Waals surface area contributed by atoms with E-state index in [0.717, 1.165) is 31.5 Å². The van der Waals surface area contributed by atoms with Crippen LogP contribution in [0.25, 0.3) is 0 Å². The van der Waals surface area contributed by atoms with Crippen LogP contribution in [-0.2, 0) is 6.54 Å². The Morgan fingerprint density at radius 2 is 2.10 bits per heavy atom. The zero-order chi connectivity index (χ0) is 15.1. The van der Waals surface area contributed by atoms with Crippen molar-refractivity contribution in [2.75, 3.05) is 33.2 Å². The van der Waals surface area contributed by atoms with Gasteiger partial charge in [-0.1, -0.05) is 6.92 Å². The molecule has 0 atom stereocenters. The normalized spacial score (nSPS) is 18.0. The second-order valence-electron chi connectivity index (χ2n) is 5.89. The van der Waals surface area contributed by atoms with Crippen molar-refractivity contribution in [1.29, 1.82) is 0 Å². The summed E-state index contributed by atoms with van der Waals surface area (Å²) in [6.07, 6.45) is 2.68. The van der Waals surface area contributed by atoms with Crippen LogP contribution in [0.15, 0.2) is 17.1 Å². The first-order valence-electron chi connectivity index (χ1n) is 7.89. The zero-order valence-electron chi connectivity index (χ0n) is 13.5. The number of likely N-dealkylation sites (tertiary alicyclic amines) is 1. The van der Waals surface area contributed by atoms with E-state index in [1.807, 2.05) is 18.4 Å². The highest BCUT2D eigenvalue weighted by Crippen LogP contribution is 2.15. The van der Waals surface area contributed by atoms with Crippen LogP contribution in [0.4, 0.5) is 0 Å². The maximum atomic E-state index is 4.29. The van der Waals surface area contributed by atoms with Gasteiger partial charge in [0.05, 0.1) is 6.54 Å². The van der Waals surface area contributed by atoms with E-state index in [9.17, 15) is 0 Å². The molecule has 0 aromatic carbocycles. The Kier molecular flexibility index (Phi) is 6.51. The molecule has 2 heterocycles. The second kappa shape index (κ2) is 8.39. The molecule has 1 aromatic heterocycles. The highest BCUT2D eigenvalue weighted by molar-refractivity contribution is 7.11. The van der Waals surface area contributed by atoms with Crippen LogP contribution in [0, 0.1) is 12.8 Å². The first-order chi connectivity index (χ1) is 10.2. The van der Waals surface area contributed by atoms with Crippen LogP contribution >= 0.6 is 11.3 Å². The molecule has 0 aliphatic carbocycles. The summed E-state index contributed by atoms with van der Waals surface area (Å²) in [7, 11) is 1.83. The lowest BCUT2D eigenvalue weighted by Crippen LogP contribution is -2.43. The maximum Gasteiger partial charge on any atom is 0.191 e. The fraction of sp³-hybridized carbons (Fsp3) is 0.688. The number of thiophene rings is 1. The summed E-state index contributed by atoms with van der Waals surface area (Å²) in [5.74, 6) is 1.80. The van der Waals surface area contributed by atoms with Crippen molar-refractivity contribution in [3.63, 3.8) is 0 Å². The van der Waals surface area contributed by atoms with Crippen molar-refractivity contribution in [1.82, 2.24) is 15.5 Å². The van der Waals surface area contributed by atoms with Gasteiger partial charge in [0, 0.05) is 29.9 Å². The summed E-state index contributed by atoms with van der Waals surface area (Å²) < 4.78 is 0. The highest BCUT2D eigenvalue weighted by Gasteiger charge is 2.14. The molecular weight excluding hydrogens is 280 g/mol. The molecule has 0 spiro atoms. The van der Waals surface area contributed by atoms with Gasteiger partial charge in [0.25, 0.3) is 0 Å². The third-order valence-corrected chi connectivity index (χ3v) is 5.05. The van der Waals surface area contributed by atoms with E-state index in [1.165, 1.54) is 35.7 Å². The highest BCUT2D eigenvalue weighted by atomic mass is 32.1. The molecule has 5 heteroatoms. The molecule has 2 N–H and O–H groups in total. The number of guanidine groups is 1. The second-order valence-corrected chi connectivity index (χ2v) is 7.26. The van der Waals surface area contributed by atoms with Gasteiger partial charge in [-0.05, 0) is 50.9 Å².